The van der Waals surface area contributed by atoms with Gasteiger partial charge in [0, 0.05) is 13.0 Å². The molecule has 3 atom stereocenters. The van der Waals surface area contributed by atoms with E-state index in [4.69, 9.17) is 5.73 Å². The third kappa shape index (κ3) is 5.17. The normalized spacial score (nSPS) is 20.7. The Morgan fingerprint density at radius 2 is 1.85 bits per heavy atom. The van der Waals surface area contributed by atoms with Crippen LogP contribution < -0.4 is 11.1 Å². The summed E-state index contributed by atoms with van der Waals surface area (Å²) in [6.45, 7) is 6.03. The van der Waals surface area contributed by atoms with E-state index in [0.29, 0.717) is 6.42 Å². The highest BCUT2D eigenvalue weighted by Crippen LogP contribution is 2.32. The molecular formula is C26H34ClN3O3. The van der Waals surface area contributed by atoms with Gasteiger partial charge in [-0.15, -0.1) is 12.4 Å². The second kappa shape index (κ2) is 9.74. The number of fused-ring (bicyclic) bond motifs is 2. The van der Waals surface area contributed by atoms with E-state index >= 15 is 0 Å². The van der Waals surface area contributed by atoms with Crippen LogP contribution in [0.4, 0.5) is 0 Å². The zero-order valence-electron chi connectivity index (χ0n) is 19.5. The maximum atomic E-state index is 13.5. The summed E-state index contributed by atoms with van der Waals surface area (Å²) in [5.41, 5.74) is 10.1. The van der Waals surface area contributed by atoms with Gasteiger partial charge in [-0.2, -0.15) is 0 Å². The maximum Gasteiger partial charge on any atom is 0.243 e. The number of phenols is 1. The van der Waals surface area contributed by atoms with Gasteiger partial charge in [-0.05, 0) is 59.1 Å². The van der Waals surface area contributed by atoms with E-state index in [0.717, 1.165) is 36.0 Å². The number of aromatic hydroxyl groups is 1. The van der Waals surface area contributed by atoms with Crippen LogP contribution in [0.15, 0.2) is 42.5 Å². The Kier molecular flexibility index (Phi) is 7.39. The Morgan fingerprint density at radius 1 is 1.12 bits per heavy atom. The number of carbonyl (C=O) groups excluding carboxylic acids is 2. The zero-order valence-corrected chi connectivity index (χ0v) is 20.3. The molecule has 0 fully saturated rings. The summed E-state index contributed by atoms with van der Waals surface area (Å²) in [4.78, 5) is 28.5. The summed E-state index contributed by atoms with van der Waals surface area (Å²) in [6, 6.07) is 12.0. The zero-order chi connectivity index (χ0) is 23.0. The summed E-state index contributed by atoms with van der Waals surface area (Å²) < 4.78 is 0. The summed E-state index contributed by atoms with van der Waals surface area (Å²) in [6.07, 6.45) is 3.33. The molecule has 2 aromatic carbocycles. The quantitative estimate of drug-likeness (QED) is 0.636. The fourth-order valence-corrected chi connectivity index (χ4v) is 4.76. The fraction of sp³-hybridized carbons (Fsp3) is 0.462. The van der Waals surface area contributed by atoms with Crippen LogP contribution in [-0.2, 0) is 29.0 Å². The van der Waals surface area contributed by atoms with Gasteiger partial charge in [-0.1, -0.05) is 51.1 Å². The van der Waals surface area contributed by atoms with Crippen molar-refractivity contribution in [1.82, 2.24) is 10.2 Å². The number of rotatable bonds is 3. The Hall–Kier alpha value is -2.57. The Morgan fingerprint density at radius 3 is 2.58 bits per heavy atom. The highest BCUT2D eigenvalue weighted by molar-refractivity contribution is 5.91. The molecule has 1 unspecified atom stereocenters. The van der Waals surface area contributed by atoms with Gasteiger partial charge in [0.15, 0.2) is 0 Å². The molecule has 0 spiro atoms. The summed E-state index contributed by atoms with van der Waals surface area (Å²) in [5.74, 6) is -0.242. The molecule has 178 valence electrons. The predicted octanol–water partition coefficient (Wildman–Crippen LogP) is 3.63. The average Bonchev–Trinajstić information content (AvgIpc) is 2.76. The fourth-order valence-electron chi connectivity index (χ4n) is 4.76. The van der Waals surface area contributed by atoms with Crippen molar-refractivity contribution in [3.8, 4) is 5.75 Å². The van der Waals surface area contributed by atoms with Gasteiger partial charge in [-0.3, -0.25) is 9.59 Å². The largest absolute Gasteiger partial charge is 0.508 e. The van der Waals surface area contributed by atoms with Crippen molar-refractivity contribution in [3.05, 3.63) is 64.7 Å². The molecule has 2 amide bonds. The molecule has 33 heavy (non-hydrogen) atoms. The van der Waals surface area contributed by atoms with Gasteiger partial charge in [0.05, 0.1) is 12.1 Å². The summed E-state index contributed by atoms with van der Waals surface area (Å²) in [7, 11) is 0. The third-order valence-electron chi connectivity index (χ3n) is 6.79. The van der Waals surface area contributed by atoms with Crippen LogP contribution in [0.5, 0.6) is 5.75 Å². The average molecular weight is 472 g/mol. The Labute approximate surface area is 202 Å². The maximum absolute atomic E-state index is 13.5. The SMILES string of the molecule is CC(C)(C)C(N)C(=O)N1Cc2cc(O)ccc2C[C@H]1C(=O)N[C@@H]1CCCc2ccccc21.Cl. The van der Waals surface area contributed by atoms with E-state index in [1.807, 2.05) is 39.0 Å². The van der Waals surface area contributed by atoms with Crippen molar-refractivity contribution in [2.45, 2.75) is 71.1 Å². The molecule has 2 aliphatic rings. The molecule has 1 aliphatic heterocycles. The number of halogens is 1. The van der Waals surface area contributed by atoms with Crippen molar-refractivity contribution in [3.63, 3.8) is 0 Å². The van der Waals surface area contributed by atoms with E-state index in [-0.39, 0.29) is 42.6 Å². The molecule has 0 aromatic heterocycles. The van der Waals surface area contributed by atoms with Gasteiger partial charge < -0.3 is 21.1 Å². The van der Waals surface area contributed by atoms with Crippen LogP contribution in [0, 0.1) is 5.41 Å². The number of carbonyl (C=O) groups is 2. The molecule has 1 heterocycles. The molecule has 1 aliphatic carbocycles. The first-order chi connectivity index (χ1) is 15.1. The van der Waals surface area contributed by atoms with E-state index in [9.17, 15) is 14.7 Å². The first kappa shape index (κ1) is 25.1. The molecule has 0 saturated carbocycles. The Balaban J connectivity index is 0.00000306. The molecule has 0 saturated heterocycles. The van der Waals surface area contributed by atoms with E-state index in [1.165, 1.54) is 5.56 Å². The smallest absolute Gasteiger partial charge is 0.243 e. The minimum Gasteiger partial charge on any atom is -0.508 e. The number of nitrogens with zero attached hydrogens (tertiary/aromatic N) is 1. The number of amides is 2. The van der Waals surface area contributed by atoms with Crippen molar-refractivity contribution in [1.29, 1.82) is 0 Å². The highest BCUT2D eigenvalue weighted by atomic mass is 35.5. The van der Waals surface area contributed by atoms with E-state index in [2.05, 4.69) is 17.4 Å². The number of benzene rings is 2. The first-order valence-corrected chi connectivity index (χ1v) is 11.4. The standard InChI is InChI=1S/C26H33N3O3.ClH/c1-26(2,3)23(27)25(32)29-15-18-13-19(30)12-11-17(18)14-22(29)24(31)28-21-10-6-8-16-7-4-5-9-20(16)21;/h4-5,7,9,11-13,21-23,30H,6,8,10,14-15,27H2,1-3H3,(H,28,31);1H/t21-,22+,23?;/m1./s1. The van der Waals surface area contributed by atoms with Crippen LogP contribution in [0.1, 0.15) is 61.9 Å². The number of phenolic OH excluding ortho intramolecular Hbond substituents is 1. The molecule has 7 heteroatoms. The van der Waals surface area contributed by atoms with Crippen LogP contribution in [-0.4, -0.2) is 33.9 Å². The minimum absolute atomic E-state index is 0. The number of aryl methyl sites for hydroxylation is 1. The van der Waals surface area contributed by atoms with Gasteiger partial charge in [0.25, 0.3) is 0 Å². The second-order valence-electron chi connectivity index (χ2n) is 10.1. The van der Waals surface area contributed by atoms with Gasteiger partial charge >= 0.3 is 0 Å². The summed E-state index contributed by atoms with van der Waals surface area (Å²) >= 11 is 0. The highest BCUT2D eigenvalue weighted by Gasteiger charge is 2.40. The lowest BCUT2D eigenvalue weighted by Crippen LogP contribution is -2.59. The van der Waals surface area contributed by atoms with E-state index < -0.39 is 17.5 Å². The minimum atomic E-state index is -0.730. The summed E-state index contributed by atoms with van der Waals surface area (Å²) in [5, 5.41) is 13.2. The van der Waals surface area contributed by atoms with Crippen molar-refractivity contribution < 1.29 is 14.7 Å². The van der Waals surface area contributed by atoms with Gasteiger partial charge in [-0.25, -0.2) is 0 Å². The molecule has 0 radical (unpaired) electrons. The predicted molar refractivity (Wildman–Crippen MR) is 131 cm³/mol. The van der Waals surface area contributed by atoms with Crippen molar-refractivity contribution in [2.75, 3.05) is 0 Å². The van der Waals surface area contributed by atoms with Crippen LogP contribution in [0.25, 0.3) is 0 Å². The first-order valence-electron chi connectivity index (χ1n) is 11.4. The lowest BCUT2D eigenvalue weighted by molar-refractivity contribution is -0.145. The van der Waals surface area contributed by atoms with Crippen molar-refractivity contribution in [2.24, 2.45) is 11.1 Å². The monoisotopic (exact) mass is 471 g/mol. The Bertz CT molecular complexity index is 1030. The number of nitrogens with one attached hydrogen (secondary N) is 1. The molecule has 4 N–H and O–H groups in total. The topological polar surface area (TPSA) is 95.7 Å². The number of nitrogens with two attached hydrogens (primary N) is 1. The molecule has 6 nitrogen and oxygen atoms in total. The van der Waals surface area contributed by atoms with Crippen LogP contribution >= 0.6 is 12.4 Å². The van der Waals surface area contributed by atoms with Crippen LogP contribution in [0.3, 0.4) is 0 Å². The van der Waals surface area contributed by atoms with Crippen LogP contribution in [0.2, 0.25) is 0 Å². The third-order valence-corrected chi connectivity index (χ3v) is 6.79. The molecule has 2 aromatic rings. The molecule has 0 bridgehead atoms. The van der Waals surface area contributed by atoms with Gasteiger partial charge in [0.1, 0.15) is 11.8 Å². The molecule has 4 rings (SSSR count). The van der Waals surface area contributed by atoms with Crippen molar-refractivity contribution >= 4 is 24.2 Å². The molecular weight excluding hydrogens is 438 g/mol. The second-order valence-corrected chi connectivity index (χ2v) is 10.1. The lowest BCUT2D eigenvalue weighted by Gasteiger charge is -2.40. The number of hydrogen-bond acceptors (Lipinski definition) is 4. The lowest BCUT2D eigenvalue weighted by atomic mass is 9.84. The van der Waals surface area contributed by atoms with Gasteiger partial charge in [0.2, 0.25) is 11.8 Å². The van der Waals surface area contributed by atoms with E-state index in [1.54, 1.807) is 17.0 Å². The number of hydrogen-bond donors (Lipinski definition) is 3.